The third kappa shape index (κ3) is 22.8. The normalized spacial score (nSPS) is 8.40. The third-order valence-electron chi connectivity index (χ3n) is 0.987. The molecule has 0 aromatic heterocycles. The maximum absolute atomic E-state index is 5.44. The predicted molar refractivity (Wildman–Crippen MR) is 54.9 cm³/mol. The van der Waals surface area contributed by atoms with E-state index in [9.17, 15) is 0 Å². The van der Waals surface area contributed by atoms with Gasteiger partial charge >= 0.3 is 0 Å². The van der Waals surface area contributed by atoms with Crippen LogP contribution in [0.4, 0.5) is 0 Å². The molecule has 0 aromatic carbocycles. The monoisotopic (exact) mass is 222 g/mol. The number of halogens is 3. The number of unbranched alkanes of at least 4 members (excludes halogenated alkanes) is 3. The van der Waals surface area contributed by atoms with Crippen LogP contribution in [0, 0.1) is 0 Å². The Hall–Kier alpha value is 1.30. The van der Waals surface area contributed by atoms with E-state index in [2.05, 4.69) is 6.92 Å². The molecule has 4 heteroatoms. The molecule has 0 aromatic rings. The van der Waals surface area contributed by atoms with Crippen LogP contribution in [0.5, 0.6) is 0 Å². The molecule has 0 atom stereocenters. The largest absolute Gasteiger partial charge is 0.127 e. The molecule has 0 amide bonds. The standard InChI is InChI=1S/C6H13Cl.Cl2HP/c1-2-3-4-5-6-7;1-3-2/h2-6H2,1H3;3H. The molecule has 0 aliphatic heterocycles. The van der Waals surface area contributed by atoms with Crippen molar-refractivity contribution in [2.75, 3.05) is 5.88 Å². The fraction of sp³-hybridized carbons (Fsp3) is 1.00. The molecule has 0 rings (SSSR count). The average molecular weight is 224 g/mol. The molecule has 0 nitrogen and oxygen atoms in total. The van der Waals surface area contributed by atoms with E-state index < -0.39 is 0 Å². The first-order valence-electron chi connectivity index (χ1n) is 3.35. The molecule has 0 radical (unpaired) electrons. The SMILES string of the molecule is CCCCCCCl.ClPCl. The van der Waals surface area contributed by atoms with Crippen LogP contribution < -0.4 is 0 Å². The fourth-order valence-corrected chi connectivity index (χ4v) is 0.710. The van der Waals surface area contributed by atoms with Crippen molar-refractivity contribution in [3.63, 3.8) is 0 Å². The van der Waals surface area contributed by atoms with Crippen molar-refractivity contribution in [2.45, 2.75) is 32.6 Å². The lowest BCUT2D eigenvalue weighted by Crippen LogP contribution is -1.74. The van der Waals surface area contributed by atoms with Crippen LogP contribution in [0.2, 0.25) is 0 Å². The van der Waals surface area contributed by atoms with Crippen LogP contribution in [0.3, 0.4) is 0 Å². The van der Waals surface area contributed by atoms with Crippen molar-refractivity contribution < 1.29 is 0 Å². The summed E-state index contributed by atoms with van der Waals surface area (Å²) in [5.74, 6) is 0.833. The maximum Gasteiger partial charge on any atom is 0.0713 e. The van der Waals surface area contributed by atoms with Gasteiger partial charge in [-0.3, -0.25) is 0 Å². The zero-order valence-electron chi connectivity index (χ0n) is 6.17. The summed E-state index contributed by atoms with van der Waals surface area (Å²) in [5.41, 5.74) is 0. The number of hydrogen-bond donors (Lipinski definition) is 0. The van der Waals surface area contributed by atoms with Crippen molar-refractivity contribution >= 4 is 41.4 Å². The van der Waals surface area contributed by atoms with Gasteiger partial charge in [0.15, 0.2) is 0 Å². The van der Waals surface area contributed by atoms with Crippen molar-refractivity contribution in [2.24, 2.45) is 0 Å². The first kappa shape index (κ1) is 13.9. The van der Waals surface area contributed by atoms with Gasteiger partial charge in [-0.05, 0) is 6.42 Å². The highest BCUT2D eigenvalue weighted by Gasteiger charge is 1.81. The van der Waals surface area contributed by atoms with Crippen LogP contribution in [-0.4, -0.2) is 5.88 Å². The Bertz CT molecular complexity index is 40.0. The van der Waals surface area contributed by atoms with Gasteiger partial charge in [0.25, 0.3) is 0 Å². The molecule has 0 saturated heterocycles. The molecule has 0 saturated carbocycles. The van der Waals surface area contributed by atoms with Gasteiger partial charge in [-0.25, -0.2) is 0 Å². The second-order valence-corrected chi connectivity index (χ2v) is 4.06. The Morgan fingerprint density at radius 1 is 1.10 bits per heavy atom. The van der Waals surface area contributed by atoms with E-state index in [0.717, 1.165) is 5.88 Å². The maximum atomic E-state index is 5.44. The minimum atomic E-state index is 0.0278. The molecule has 0 unspecified atom stereocenters. The highest BCUT2D eigenvalue weighted by molar-refractivity contribution is 7.90. The summed E-state index contributed by atoms with van der Waals surface area (Å²) in [5, 5.41) is 0. The minimum Gasteiger partial charge on any atom is -0.127 e. The van der Waals surface area contributed by atoms with E-state index in [-0.39, 0.29) is 7.29 Å². The fourth-order valence-electron chi connectivity index (χ4n) is 0.521. The predicted octanol–water partition coefficient (Wildman–Crippen LogP) is 4.78. The lowest BCUT2D eigenvalue weighted by atomic mass is 10.2. The summed E-state index contributed by atoms with van der Waals surface area (Å²) in [6.07, 6.45) is 5.14. The molecule has 0 aliphatic carbocycles. The molecule has 10 heavy (non-hydrogen) atoms. The molecule has 64 valence electrons. The van der Waals surface area contributed by atoms with E-state index in [1.54, 1.807) is 0 Å². The molecule has 0 spiro atoms. The Balaban J connectivity index is 0. The summed E-state index contributed by atoms with van der Waals surface area (Å²) in [6.45, 7) is 2.20. The van der Waals surface area contributed by atoms with Gasteiger partial charge in [0.2, 0.25) is 0 Å². The Labute approximate surface area is 80.0 Å². The summed E-state index contributed by atoms with van der Waals surface area (Å²) in [6, 6.07) is 0. The molecule has 0 N–H and O–H groups in total. The zero-order valence-corrected chi connectivity index (χ0v) is 9.44. The molecular formula is C6H14Cl3P. The second-order valence-electron chi connectivity index (χ2n) is 1.82. The van der Waals surface area contributed by atoms with Crippen molar-refractivity contribution in [3.05, 3.63) is 0 Å². The highest BCUT2D eigenvalue weighted by Crippen LogP contribution is 2.19. The van der Waals surface area contributed by atoms with E-state index in [1.165, 1.54) is 25.7 Å². The van der Waals surface area contributed by atoms with Gasteiger partial charge in [-0.2, -0.15) is 0 Å². The lowest BCUT2D eigenvalue weighted by Gasteiger charge is -1.89. The van der Waals surface area contributed by atoms with Crippen LogP contribution in [0.15, 0.2) is 0 Å². The van der Waals surface area contributed by atoms with Crippen LogP contribution >= 0.6 is 41.4 Å². The van der Waals surface area contributed by atoms with Gasteiger partial charge in [-0.15, -0.1) is 11.6 Å². The number of alkyl halides is 1. The number of hydrogen-bond acceptors (Lipinski definition) is 0. The Morgan fingerprint density at radius 3 is 1.90 bits per heavy atom. The highest BCUT2D eigenvalue weighted by atomic mass is 35.9. The van der Waals surface area contributed by atoms with Crippen LogP contribution in [-0.2, 0) is 0 Å². The smallest absolute Gasteiger partial charge is 0.0713 e. The van der Waals surface area contributed by atoms with Gasteiger partial charge in [0.1, 0.15) is 0 Å². The van der Waals surface area contributed by atoms with E-state index in [1.807, 2.05) is 0 Å². The van der Waals surface area contributed by atoms with Crippen LogP contribution in [0.1, 0.15) is 32.6 Å². The van der Waals surface area contributed by atoms with Gasteiger partial charge in [0, 0.05) is 5.88 Å². The Morgan fingerprint density at radius 2 is 1.60 bits per heavy atom. The lowest BCUT2D eigenvalue weighted by molar-refractivity contribution is 0.705. The minimum absolute atomic E-state index is 0.0278. The topological polar surface area (TPSA) is 0 Å². The summed E-state index contributed by atoms with van der Waals surface area (Å²) in [4.78, 5) is 0. The van der Waals surface area contributed by atoms with Crippen molar-refractivity contribution in [1.82, 2.24) is 0 Å². The first-order valence-corrected chi connectivity index (χ1v) is 6.91. The number of rotatable bonds is 4. The first-order chi connectivity index (χ1) is 4.83. The quantitative estimate of drug-likeness (QED) is 0.366. The molecule has 0 bridgehead atoms. The molecule has 0 aliphatic rings. The third-order valence-corrected chi connectivity index (χ3v) is 1.25. The molecular weight excluding hydrogens is 209 g/mol. The van der Waals surface area contributed by atoms with Gasteiger partial charge in [0.05, 0.1) is 7.29 Å². The van der Waals surface area contributed by atoms with Crippen molar-refractivity contribution in [1.29, 1.82) is 0 Å². The van der Waals surface area contributed by atoms with Gasteiger partial charge < -0.3 is 0 Å². The zero-order chi connectivity index (χ0) is 8.24. The van der Waals surface area contributed by atoms with E-state index in [4.69, 9.17) is 34.1 Å². The van der Waals surface area contributed by atoms with E-state index in [0.29, 0.717) is 0 Å². The molecule has 0 fully saturated rings. The summed E-state index contributed by atoms with van der Waals surface area (Å²) in [7, 11) is 0.0278. The van der Waals surface area contributed by atoms with Gasteiger partial charge in [-0.1, -0.05) is 48.7 Å². The average Bonchev–Trinajstić information content (AvgIpc) is 1.91. The summed E-state index contributed by atoms with van der Waals surface area (Å²) < 4.78 is 0. The second kappa shape index (κ2) is 16.7. The molecule has 0 heterocycles. The van der Waals surface area contributed by atoms with Crippen molar-refractivity contribution in [3.8, 4) is 0 Å². The van der Waals surface area contributed by atoms with E-state index >= 15 is 0 Å². The van der Waals surface area contributed by atoms with Crippen LogP contribution in [0.25, 0.3) is 0 Å². The Kier molecular flexibility index (Phi) is 23.2. The summed E-state index contributed by atoms with van der Waals surface area (Å²) >= 11 is 15.0.